The lowest BCUT2D eigenvalue weighted by molar-refractivity contribution is 0.0466. The summed E-state index contributed by atoms with van der Waals surface area (Å²) in [7, 11) is -3.82. The fourth-order valence-electron chi connectivity index (χ4n) is 3.82. The summed E-state index contributed by atoms with van der Waals surface area (Å²) in [5.74, 6) is 0.584. The Hall–Kier alpha value is -2.68. The van der Waals surface area contributed by atoms with Gasteiger partial charge in [-0.2, -0.15) is 4.31 Å². The van der Waals surface area contributed by atoms with E-state index in [0.717, 1.165) is 18.4 Å². The number of esters is 1. The molecule has 2 aromatic carbocycles. The van der Waals surface area contributed by atoms with Gasteiger partial charge in [0.2, 0.25) is 15.9 Å². The van der Waals surface area contributed by atoms with Crippen molar-refractivity contribution in [2.75, 3.05) is 13.1 Å². The number of oxazole rings is 1. The molecule has 2 heterocycles. The van der Waals surface area contributed by atoms with E-state index in [1.165, 1.54) is 22.5 Å². The van der Waals surface area contributed by atoms with E-state index < -0.39 is 16.0 Å². The summed E-state index contributed by atoms with van der Waals surface area (Å²) < 4.78 is 38.8. The summed E-state index contributed by atoms with van der Waals surface area (Å²) in [6.07, 6.45) is 1.78. The molecule has 1 aliphatic heterocycles. The van der Waals surface area contributed by atoms with E-state index in [2.05, 4.69) is 4.98 Å². The van der Waals surface area contributed by atoms with Gasteiger partial charge in [0.05, 0.1) is 10.6 Å². The maximum atomic E-state index is 13.2. The second-order valence-corrected chi connectivity index (χ2v) is 10.5. The van der Waals surface area contributed by atoms with Gasteiger partial charge < -0.3 is 9.15 Å². The van der Waals surface area contributed by atoms with Gasteiger partial charge in [0.25, 0.3) is 0 Å². The van der Waals surface area contributed by atoms with Crippen LogP contribution in [-0.2, 0) is 21.4 Å². The van der Waals surface area contributed by atoms with Crippen LogP contribution < -0.4 is 0 Å². The molecule has 0 radical (unpaired) electrons. The van der Waals surface area contributed by atoms with Gasteiger partial charge in [-0.1, -0.05) is 36.7 Å². The summed E-state index contributed by atoms with van der Waals surface area (Å²) in [5, 5.41) is 0.0737. The maximum Gasteiger partial charge on any atom is 0.338 e. The van der Waals surface area contributed by atoms with Crippen LogP contribution in [0.5, 0.6) is 0 Å². The predicted molar refractivity (Wildman–Crippen MR) is 124 cm³/mol. The molecular formula is C24H25ClN2O5S. The van der Waals surface area contributed by atoms with Gasteiger partial charge in [0.15, 0.2) is 0 Å². The number of piperidine rings is 1. The molecule has 1 aliphatic rings. The molecule has 0 N–H and O–H groups in total. The van der Waals surface area contributed by atoms with Gasteiger partial charge >= 0.3 is 5.97 Å². The summed E-state index contributed by atoms with van der Waals surface area (Å²) in [4.78, 5) is 17.0. The molecule has 1 fully saturated rings. The number of aryl methyl sites for hydroxylation is 1. The molecule has 0 spiro atoms. The number of hydrogen-bond donors (Lipinski definition) is 0. The standard InChI is InChI=1S/C24H25ClN2O5S/c1-16-7-6-12-27(14-16)33(29,30)22-13-19(10-11-20(22)25)24(28)31-15-21-17(2)32-23(26-21)18-8-4-3-5-9-18/h3-5,8-11,13,16H,6-7,12,14-15H2,1-2H3. The molecular weight excluding hydrogens is 464 g/mol. The fourth-order valence-corrected chi connectivity index (χ4v) is 5.91. The molecule has 1 atom stereocenters. The van der Waals surface area contributed by atoms with Crippen molar-refractivity contribution in [1.82, 2.24) is 9.29 Å². The third kappa shape index (κ3) is 5.13. The monoisotopic (exact) mass is 488 g/mol. The number of nitrogens with zero attached hydrogens (tertiary/aromatic N) is 2. The minimum absolute atomic E-state index is 0.0737. The molecule has 174 valence electrons. The average molecular weight is 489 g/mol. The molecule has 7 nitrogen and oxygen atoms in total. The quantitative estimate of drug-likeness (QED) is 0.449. The van der Waals surface area contributed by atoms with E-state index in [4.69, 9.17) is 20.8 Å². The second-order valence-electron chi connectivity index (χ2n) is 8.22. The lowest BCUT2D eigenvalue weighted by Gasteiger charge is -2.30. The Balaban J connectivity index is 1.50. The van der Waals surface area contributed by atoms with Crippen molar-refractivity contribution < 1.29 is 22.4 Å². The van der Waals surface area contributed by atoms with Gasteiger partial charge in [-0.15, -0.1) is 0 Å². The summed E-state index contributed by atoms with van der Waals surface area (Å²) in [5.41, 5.74) is 1.41. The molecule has 1 aromatic heterocycles. The van der Waals surface area contributed by atoms with Crippen molar-refractivity contribution in [3.8, 4) is 11.5 Å². The number of rotatable bonds is 6. The molecule has 1 unspecified atom stereocenters. The van der Waals surface area contributed by atoms with Crippen LogP contribution in [0.2, 0.25) is 5.02 Å². The number of halogens is 1. The zero-order valence-corrected chi connectivity index (χ0v) is 20.0. The van der Waals surface area contributed by atoms with Gasteiger partial charge in [-0.3, -0.25) is 0 Å². The van der Waals surface area contributed by atoms with E-state index in [-0.39, 0.29) is 28.0 Å². The Morgan fingerprint density at radius 2 is 2.00 bits per heavy atom. The highest BCUT2D eigenvalue weighted by atomic mass is 35.5. The largest absolute Gasteiger partial charge is 0.455 e. The highest BCUT2D eigenvalue weighted by Gasteiger charge is 2.31. The Morgan fingerprint density at radius 1 is 1.24 bits per heavy atom. The van der Waals surface area contributed by atoms with Crippen LogP contribution in [-0.4, -0.2) is 36.8 Å². The summed E-state index contributed by atoms with van der Waals surface area (Å²) in [6.45, 7) is 4.53. The number of carbonyl (C=O) groups is 1. The predicted octanol–water partition coefficient (Wildman–Crippen LogP) is 5.08. The summed E-state index contributed by atoms with van der Waals surface area (Å²) >= 11 is 6.22. The summed E-state index contributed by atoms with van der Waals surface area (Å²) in [6, 6.07) is 13.6. The third-order valence-electron chi connectivity index (χ3n) is 5.66. The van der Waals surface area contributed by atoms with Gasteiger partial charge in [0.1, 0.15) is 23.0 Å². The zero-order valence-electron chi connectivity index (χ0n) is 18.5. The Kier molecular flexibility index (Phi) is 6.88. The van der Waals surface area contributed by atoms with Crippen LogP contribution in [0.3, 0.4) is 0 Å². The van der Waals surface area contributed by atoms with Gasteiger partial charge in [-0.05, 0) is 56.0 Å². The van der Waals surface area contributed by atoms with Crippen LogP contribution >= 0.6 is 11.6 Å². The lowest BCUT2D eigenvalue weighted by atomic mass is 10.0. The van der Waals surface area contributed by atoms with Crippen LogP contribution in [0.4, 0.5) is 0 Å². The number of hydrogen-bond acceptors (Lipinski definition) is 6. The average Bonchev–Trinajstić information content (AvgIpc) is 3.18. The lowest BCUT2D eigenvalue weighted by Crippen LogP contribution is -2.39. The van der Waals surface area contributed by atoms with E-state index in [0.29, 0.717) is 30.4 Å². The molecule has 0 amide bonds. The first-order valence-corrected chi connectivity index (χ1v) is 12.6. The molecule has 9 heteroatoms. The first kappa shape index (κ1) is 23.5. The van der Waals surface area contributed by atoms with Gasteiger partial charge in [0, 0.05) is 18.7 Å². The van der Waals surface area contributed by atoms with E-state index in [1.54, 1.807) is 6.92 Å². The van der Waals surface area contributed by atoms with Crippen LogP contribution in [0.15, 0.2) is 57.8 Å². The number of benzene rings is 2. The van der Waals surface area contributed by atoms with Crippen molar-refractivity contribution in [3.05, 3.63) is 70.6 Å². The van der Waals surface area contributed by atoms with Crippen molar-refractivity contribution in [1.29, 1.82) is 0 Å². The third-order valence-corrected chi connectivity index (χ3v) is 8.00. The minimum atomic E-state index is -3.82. The molecule has 0 saturated carbocycles. The molecule has 0 bridgehead atoms. The molecule has 0 aliphatic carbocycles. The van der Waals surface area contributed by atoms with Crippen molar-refractivity contribution in [2.24, 2.45) is 5.92 Å². The number of carbonyl (C=O) groups excluding carboxylic acids is 1. The van der Waals surface area contributed by atoms with Gasteiger partial charge in [-0.25, -0.2) is 18.2 Å². The van der Waals surface area contributed by atoms with Crippen LogP contribution in [0.1, 0.15) is 41.6 Å². The second kappa shape index (κ2) is 9.67. The Labute approximate surface area is 198 Å². The minimum Gasteiger partial charge on any atom is -0.455 e. The maximum absolute atomic E-state index is 13.2. The van der Waals surface area contributed by atoms with Crippen molar-refractivity contribution in [3.63, 3.8) is 0 Å². The fraction of sp³-hybridized carbons (Fsp3) is 0.333. The first-order chi connectivity index (χ1) is 15.8. The zero-order chi connectivity index (χ0) is 23.6. The number of ether oxygens (including phenoxy) is 1. The van der Waals surface area contributed by atoms with Crippen LogP contribution in [0, 0.1) is 12.8 Å². The number of sulfonamides is 1. The SMILES string of the molecule is Cc1oc(-c2ccccc2)nc1COC(=O)c1ccc(Cl)c(S(=O)(=O)N2CCCC(C)C2)c1. The Bertz CT molecular complexity index is 1260. The van der Waals surface area contributed by atoms with Crippen molar-refractivity contribution >= 4 is 27.6 Å². The molecule has 33 heavy (non-hydrogen) atoms. The Morgan fingerprint density at radius 3 is 2.73 bits per heavy atom. The smallest absolute Gasteiger partial charge is 0.338 e. The highest BCUT2D eigenvalue weighted by Crippen LogP contribution is 2.29. The topological polar surface area (TPSA) is 89.7 Å². The van der Waals surface area contributed by atoms with E-state index in [9.17, 15) is 13.2 Å². The number of aromatic nitrogens is 1. The highest BCUT2D eigenvalue weighted by molar-refractivity contribution is 7.89. The normalized spacial score (nSPS) is 17.1. The molecule has 3 aromatic rings. The van der Waals surface area contributed by atoms with Crippen LogP contribution in [0.25, 0.3) is 11.5 Å². The molecule has 1 saturated heterocycles. The first-order valence-electron chi connectivity index (χ1n) is 10.7. The van der Waals surface area contributed by atoms with E-state index >= 15 is 0 Å². The molecule has 4 rings (SSSR count). The van der Waals surface area contributed by atoms with E-state index in [1.807, 2.05) is 37.3 Å². The van der Waals surface area contributed by atoms with Crippen molar-refractivity contribution in [2.45, 2.75) is 38.2 Å².